The highest BCUT2D eigenvalue weighted by Gasteiger charge is 2.32. The number of fused-ring (bicyclic) bond motifs is 1. The molecule has 1 N–H and O–H groups in total. The molecular formula is C31H27N4O+. The van der Waals surface area contributed by atoms with Gasteiger partial charge in [0, 0.05) is 16.7 Å². The topological polar surface area (TPSA) is 57.5 Å². The third kappa shape index (κ3) is 4.13. The Morgan fingerprint density at radius 3 is 2.06 bits per heavy atom. The van der Waals surface area contributed by atoms with Crippen molar-refractivity contribution in [2.45, 2.75) is 6.04 Å². The van der Waals surface area contributed by atoms with Gasteiger partial charge in [-0.25, -0.2) is 0 Å². The minimum absolute atomic E-state index is 0.269. The predicted molar refractivity (Wildman–Crippen MR) is 142 cm³/mol. The largest absolute Gasteiger partial charge is 0.419 e. The lowest BCUT2D eigenvalue weighted by molar-refractivity contribution is -0.926. The van der Waals surface area contributed by atoms with E-state index in [4.69, 9.17) is 4.42 Å². The Labute approximate surface area is 210 Å². The van der Waals surface area contributed by atoms with Crippen molar-refractivity contribution in [3.8, 4) is 17.5 Å². The Morgan fingerprint density at radius 1 is 0.778 bits per heavy atom. The van der Waals surface area contributed by atoms with Gasteiger partial charge in [-0.2, -0.15) is 10.2 Å². The molecule has 5 heteroatoms. The van der Waals surface area contributed by atoms with Gasteiger partial charge in [-0.3, -0.25) is 0 Å². The van der Waals surface area contributed by atoms with Gasteiger partial charge in [0.05, 0.1) is 26.2 Å². The molecule has 6 rings (SSSR count). The van der Waals surface area contributed by atoms with Gasteiger partial charge < -0.3 is 14.2 Å². The van der Waals surface area contributed by atoms with Crippen molar-refractivity contribution in [3.63, 3.8) is 0 Å². The summed E-state index contributed by atoms with van der Waals surface area (Å²) in [4.78, 5) is 8.28. The number of oxazole rings is 1. The minimum atomic E-state index is 0.269. The first kappa shape index (κ1) is 22.1. The van der Waals surface area contributed by atoms with Crippen LogP contribution in [0.25, 0.3) is 22.2 Å². The Balaban J connectivity index is 1.27. The van der Waals surface area contributed by atoms with Gasteiger partial charge in [0.15, 0.2) is 0 Å². The van der Waals surface area contributed by atoms with Crippen LogP contribution in [0.5, 0.6) is 0 Å². The number of nitriles is 1. The van der Waals surface area contributed by atoms with Crippen LogP contribution in [0.1, 0.15) is 22.9 Å². The number of nitrogens with zero attached hydrogens (tertiary/aromatic N) is 3. The minimum Gasteiger partial charge on any atom is -0.419 e. The zero-order valence-electron chi connectivity index (χ0n) is 20.0. The normalized spacial score (nSPS) is 14.3. The van der Waals surface area contributed by atoms with Crippen molar-refractivity contribution in [2.24, 2.45) is 0 Å². The molecule has 0 aliphatic carbocycles. The molecule has 0 unspecified atom stereocenters. The van der Waals surface area contributed by atoms with E-state index in [2.05, 4.69) is 94.8 Å². The molecule has 4 aromatic carbocycles. The maximum Gasteiger partial charge on any atom is 0.235 e. The van der Waals surface area contributed by atoms with Crippen LogP contribution in [0.4, 0.5) is 5.88 Å². The number of quaternary nitrogens is 1. The summed E-state index contributed by atoms with van der Waals surface area (Å²) in [6.45, 7) is 3.46. The quantitative estimate of drug-likeness (QED) is 0.398. The lowest BCUT2D eigenvalue weighted by atomic mass is 9.96. The molecule has 5 nitrogen and oxygen atoms in total. The summed E-state index contributed by atoms with van der Waals surface area (Å²) in [6.07, 6.45) is 0. The fourth-order valence-corrected chi connectivity index (χ4v) is 5.37. The third-order valence-electron chi connectivity index (χ3n) is 7.10. The average Bonchev–Trinajstić information content (AvgIpc) is 3.39. The van der Waals surface area contributed by atoms with E-state index in [9.17, 15) is 5.26 Å². The maximum absolute atomic E-state index is 9.86. The van der Waals surface area contributed by atoms with Gasteiger partial charge in [-0.05, 0) is 16.8 Å². The molecule has 1 saturated heterocycles. The van der Waals surface area contributed by atoms with E-state index in [0.29, 0.717) is 17.5 Å². The van der Waals surface area contributed by atoms with Crippen LogP contribution in [-0.2, 0) is 0 Å². The Bertz CT molecular complexity index is 1470. The second-order valence-electron chi connectivity index (χ2n) is 9.21. The van der Waals surface area contributed by atoms with Gasteiger partial charge in [0.2, 0.25) is 17.5 Å². The van der Waals surface area contributed by atoms with Crippen LogP contribution in [-0.4, -0.2) is 31.2 Å². The second kappa shape index (κ2) is 9.69. The maximum atomic E-state index is 9.86. The lowest BCUT2D eigenvalue weighted by Crippen LogP contribution is -3.15. The van der Waals surface area contributed by atoms with Crippen molar-refractivity contribution >= 4 is 16.7 Å². The zero-order valence-corrected chi connectivity index (χ0v) is 20.0. The number of hydrogen-bond donors (Lipinski definition) is 1. The molecule has 1 aliphatic heterocycles. The molecule has 0 amide bonds. The molecule has 0 atom stereocenters. The van der Waals surface area contributed by atoms with Crippen molar-refractivity contribution in [1.29, 1.82) is 5.26 Å². The second-order valence-corrected chi connectivity index (χ2v) is 9.21. The number of anilines is 1. The number of piperazine rings is 1. The van der Waals surface area contributed by atoms with E-state index in [-0.39, 0.29) is 6.04 Å². The molecule has 1 aliphatic rings. The highest BCUT2D eigenvalue weighted by atomic mass is 16.4. The number of aromatic nitrogens is 1. The van der Waals surface area contributed by atoms with Gasteiger partial charge in [-0.15, -0.1) is 0 Å². The molecule has 0 radical (unpaired) electrons. The third-order valence-corrected chi connectivity index (χ3v) is 7.10. The summed E-state index contributed by atoms with van der Waals surface area (Å²) >= 11 is 0. The number of nitrogens with one attached hydrogen (secondary N) is 1. The molecule has 36 heavy (non-hydrogen) atoms. The van der Waals surface area contributed by atoms with Gasteiger partial charge in [0.25, 0.3) is 0 Å². The standard InChI is InChI=1S/C31H26N4O/c32-22-28-31(36-30(33-28)27-17-9-15-23-10-7-8-16-26(23)27)35-20-18-34(19-21-35)29(24-11-3-1-4-12-24)25-13-5-2-6-14-25/h1-17,29H,18-21H2/p+1. The van der Waals surface area contributed by atoms with E-state index in [1.165, 1.54) is 16.0 Å². The first-order valence-corrected chi connectivity index (χ1v) is 12.4. The Kier molecular flexibility index (Phi) is 5.95. The summed E-state index contributed by atoms with van der Waals surface area (Å²) < 4.78 is 6.29. The fourth-order valence-electron chi connectivity index (χ4n) is 5.37. The molecule has 0 spiro atoms. The van der Waals surface area contributed by atoms with Gasteiger partial charge in [-0.1, -0.05) is 97.1 Å². The number of rotatable bonds is 5. The van der Waals surface area contributed by atoms with Crippen molar-refractivity contribution in [2.75, 3.05) is 31.1 Å². The van der Waals surface area contributed by atoms with Crippen molar-refractivity contribution < 1.29 is 9.32 Å². The summed E-state index contributed by atoms with van der Waals surface area (Å²) in [5.41, 5.74) is 3.91. The summed E-state index contributed by atoms with van der Waals surface area (Å²) in [5, 5.41) is 12.0. The van der Waals surface area contributed by atoms with Crippen LogP contribution in [0.2, 0.25) is 0 Å². The van der Waals surface area contributed by atoms with E-state index in [0.717, 1.165) is 42.5 Å². The van der Waals surface area contributed by atoms with Crippen LogP contribution >= 0.6 is 0 Å². The number of hydrogen-bond acceptors (Lipinski definition) is 4. The molecular weight excluding hydrogens is 444 g/mol. The van der Waals surface area contributed by atoms with Crippen LogP contribution < -0.4 is 9.80 Å². The Morgan fingerprint density at radius 2 is 1.39 bits per heavy atom. The van der Waals surface area contributed by atoms with E-state index < -0.39 is 0 Å². The molecule has 0 bridgehead atoms. The first-order valence-electron chi connectivity index (χ1n) is 12.4. The van der Waals surface area contributed by atoms with Crippen LogP contribution in [0, 0.1) is 11.3 Å². The summed E-state index contributed by atoms with van der Waals surface area (Å²) in [5.74, 6) is 1.08. The monoisotopic (exact) mass is 471 g/mol. The van der Waals surface area contributed by atoms with E-state index >= 15 is 0 Å². The van der Waals surface area contributed by atoms with Gasteiger partial charge >= 0.3 is 0 Å². The highest BCUT2D eigenvalue weighted by Crippen LogP contribution is 2.33. The van der Waals surface area contributed by atoms with E-state index in [1.54, 1.807) is 0 Å². The molecule has 2 heterocycles. The number of benzene rings is 4. The molecule has 176 valence electrons. The zero-order chi connectivity index (χ0) is 24.3. The molecule has 0 saturated carbocycles. The molecule has 1 aromatic heterocycles. The van der Waals surface area contributed by atoms with Gasteiger partial charge in [0.1, 0.15) is 12.1 Å². The van der Waals surface area contributed by atoms with E-state index in [1.807, 2.05) is 24.3 Å². The predicted octanol–water partition coefficient (Wildman–Crippen LogP) is 4.86. The average molecular weight is 472 g/mol. The van der Waals surface area contributed by atoms with Crippen molar-refractivity contribution in [1.82, 2.24) is 4.98 Å². The molecule has 1 fully saturated rings. The highest BCUT2D eigenvalue weighted by molar-refractivity contribution is 5.94. The van der Waals surface area contributed by atoms with Crippen LogP contribution in [0.15, 0.2) is 108 Å². The van der Waals surface area contributed by atoms with Crippen LogP contribution in [0.3, 0.4) is 0 Å². The lowest BCUT2D eigenvalue weighted by Gasteiger charge is -2.36. The first-order chi connectivity index (χ1) is 17.8. The molecule has 5 aromatic rings. The van der Waals surface area contributed by atoms with Crippen molar-refractivity contribution in [3.05, 3.63) is 120 Å². The smallest absolute Gasteiger partial charge is 0.235 e. The SMILES string of the molecule is N#Cc1nc(-c2cccc3ccccc23)oc1N1CC[NH+](C(c2ccccc2)c2ccccc2)CC1. The summed E-state index contributed by atoms with van der Waals surface area (Å²) in [7, 11) is 0. The fraction of sp³-hybridized carbons (Fsp3) is 0.161. The Hall–Kier alpha value is -4.40. The summed E-state index contributed by atoms with van der Waals surface area (Å²) in [6, 6.07) is 38.3.